The number of nitrogens with one attached hydrogen (secondary N) is 2. The number of nitrogens with zero attached hydrogens (tertiary/aromatic N) is 6. The van der Waals surface area contributed by atoms with E-state index in [0.29, 0.717) is 5.92 Å². The van der Waals surface area contributed by atoms with Gasteiger partial charge in [-0.05, 0) is 43.5 Å². The summed E-state index contributed by atoms with van der Waals surface area (Å²) in [6, 6.07) is 2.15. The molecule has 2 N–H and O–H groups in total. The van der Waals surface area contributed by atoms with Gasteiger partial charge in [-0.3, -0.25) is 9.08 Å². The molecule has 1 aliphatic heterocycles. The summed E-state index contributed by atoms with van der Waals surface area (Å²) >= 11 is 1.48. The molecule has 0 atom stereocenters. The van der Waals surface area contributed by atoms with E-state index < -0.39 is 0 Å². The van der Waals surface area contributed by atoms with Crippen molar-refractivity contribution in [1.82, 2.24) is 33.8 Å². The summed E-state index contributed by atoms with van der Waals surface area (Å²) in [4.78, 5) is 9.06. The summed E-state index contributed by atoms with van der Waals surface area (Å²) in [6.07, 6.45) is 11.7. The third-order valence-electron chi connectivity index (χ3n) is 4.96. The second-order valence-corrected chi connectivity index (χ2v) is 7.59. The highest BCUT2D eigenvalue weighted by molar-refractivity contribution is 7.10. The van der Waals surface area contributed by atoms with Gasteiger partial charge in [-0.1, -0.05) is 0 Å². The Hall–Kier alpha value is -2.78. The molecule has 27 heavy (non-hydrogen) atoms. The van der Waals surface area contributed by atoms with E-state index in [4.69, 9.17) is 0 Å². The van der Waals surface area contributed by atoms with E-state index in [2.05, 4.69) is 36.1 Å². The van der Waals surface area contributed by atoms with Crippen molar-refractivity contribution in [3.05, 3.63) is 42.7 Å². The Morgan fingerprint density at radius 1 is 1.22 bits per heavy atom. The summed E-state index contributed by atoms with van der Waals surface area (Å²) in [6.45, 7) is 2.13. The van der Waals surface area contributed by atoms with Crippen LogP contribution in [0.4, 0.5) is 10.8 Å². The summed E-state index contributed by atoms with van der Waals surface area (Å²) in [7, 11) is 1.91. The Bertz CT molecular complexity index is 1070. The smallest absolute Gasteiger partial charge is 0.180 e. The van der Waals surface area contributed by atoms with Crippen molar-refractivity contribution in [3.8, 4) is 11.3 Å². The average molecular weight is 380 g/mol. The van der Waals surface area contributed by atoms with Gasteiger partial charge in [-0.25, -0.2) is 9.97 Å². The molecule has 1 fully saturated rings. The normalized spacial score (nSPS) is 15.4. The second-order valence-electron chi connectivity index (χ2n) is 6.78. The molecule has 0 unspecified atom stereocenters. The zero-order valence-electron chi connectivity index (χ0n) is 15.0. The van der Waals surface area contributed by atoms with Gasteiger partial charge in [0.15, 0.2) is 11.5 Å². The molecule has 5 heterocycles. The topological polar surface area (TPSA) is 85.0 Å². The summed E-state index contributed by atoms with van der Waals surface area (Å²) in [5, 5.41) is 12.0. The number of imidazole rings is 1. The standard InChI is InChI=1S/C18H20N8S/c1-25-11-13(9-22-25)15-10-21-18-17(20-6-7-26(15)18)23-16-8-14(24-27-16)12-2-4-19-5-3-12/h6-12,19H,2-5H2,1H3,(H,20,23). The summed E-state index contributed by atoms with van der Waals surface area (Å²) in [5.74, 6) is 1.28. The monoisotopic (exact) mass is 380 g/mol. The van der Waals surface area contributed by atoms with Gasteiger partial charge in [0.1, 0.15) is 5.00 Å². The van der Waals surface area contributed by atoms with E-state index in [-0.39, 0.29) is 0 Å². The number of aryl methyl sites for hydroxylation is 1. The molecule has 0 bridgehead atoms. The van der Waals surface area contributed by atoms with Crippen LogP contribution in [0.15, 0.2) is 37.1 Å². The Labute approximate surface area is 160 Å². The van der Waals surface area contributed by atoms with Crippen LogP contribution in [-0.4, -0.2) is 41.6 Å². The van der Waals surface area contributed by atoms with Crippen LogP contribution in [0.25, 0.3) is 16.9 Å². The minimum Gasteiger partial charge on any atom is -0.328 e. The first-order chi connectivity index (χ1) is 13.3. The molecule has 5 rings (SSSR count). The van der Waals surface area contributed by atoms with Crippen molar-refractivity contribution >= 4 is 28.0 Å². The SMILES string of the molecule is Cn1cc(-c2cnc3c(Nc4cc(C5CCNCC5)ns4)nccn23)cn1. The number of piperidine rings is 1. The quantitative estimate of drug-likeness (QED) is 0.566. The Morgan fingerprint density at radius 2 is 2.11 bits per heavy atom. The average Bonchev–Trinajstić information content (AvgIpc) is 3.42. The van der Waals surface area contributed by atoms with Crippen molar-refractivity contribution in [1.29, 1.82) is 0 Å². The lowest BCUT2D eigenvalue weighted by Crippen LogP contribution is -2.26. The fourth-order valence-corrected chi connectivity index (χ4v) is 4.27. The zero-order valence-corrected chi connectivity index (χ0v) is 15.8. The van der Waals surface area contributed by atoms with Crippen molar-refractivity contribution in [2.45, 2.75) is 18.8 Å². The Morgan fingerprint density at radius 3 is 2.93 bits per heavy atom. The van der Waals surface area contributed by atoms with Crippen LogP contribution in [0, 0.1) is 0 Å². The van der Waals surface area contributed by atoms with E-state index in [1.54, 1.807) is 10.9 Å². The molecule has 0 spiro atoms. The molecule has 0 aromatic carbocycles. The highest BCUT2D eigenvalue weighted by atomic mass is 32.1. The molecule has 4 aromatic rings. The van der Waals surface area contributed by atoms with E-state index in [1.807, 2.05) is 36.2 Å². The van der Waals surface area contributed by atoms with Crippen molar-refractivity contribution in [3.63, 3.8) is 0 Å². The maximum Gasteiger partial charge on any atom is 0.180 e. The first-order valence-corrected chi connectivity index (χ1v) is 9.81. The van der Waals surface area contributed by atoms with Crippen LogP contribution in [0.3, 0.4) is 0 Å². The number of hydrogen-bond acceptors (Lipinski definition) is 7. The van der Waals surface area contributed by atoms with Gasteiger partial charge in [0.05, 0.1) is 23.8 Å². The minimum absolute atomic E-state index is 0.547. The molecular formula is C18H20N8S. The van der Waals surface area contributed by atoms with E-state index >= 15 is 0 Å². The molecule has 0 aliphatic carbocycles. The van der Waals surface area contributed by atoms with Crippen molar-refractivity contribution in [2.75, 3.05) is 18.4 Å². The molecule has 1 saturated heterocycles. The lowest BCUT2D eigenvalue weighted by molar-refractivity contribution is 0.455. The predicted molar refractivity (Wildman–Crippen MR) is 105 cm³/mol. The van der Waals surface area contributed by atoms with Crippen LogP contribution in [0.5, 0.6) is 0 Å². The highest BCUT2D eigenvalue weighted by Crippen LogP contribution is 2.31. The van der Waals surface area contributed by atoms with Gasteiger partial charge in [0.25, 0.3) is 0 Å². The third-order valence-corrected chi connectivity index (χ3v) is 5.67. The van der Waals surface area contributed by atoms with Crippen LogP contribution in [0.1, 0.15) is 24.5 Å². The van der Waals surface area contributed by atoms with Gasteiger partial charge < -0.3 is 10.6 Å². The third kappa shape index (κ3) is 3.08. The number of fused-ring (bicyclic) bond motifs is 1. The van der Waals surface area contributed by atoms with Crippen LogP contribution in [0.2, 0.25) is 0 Å². The first-order valence-electron chi connectivity index (χ1n) is 9.03. The Balaban J connectivity index is 1.44. The molecule has 0 saturated carbocycles. The molecule has 9 heteroatoms. The molecule has 8 nitrogen and oxygen atoms in total. The van der Waals surface area contributed by atoms with E-state index in [1.165, 1.54) is 17.2 Å². The number of hydrogen-bond donors (Lipinski definition) is 2. The highest BCUT2D eigenvalue weighted by Gasteiger charge is 2.19. The Kier molecular flexibility index (Phi) is 4.10. The molecule has 1 aliphatic rings. The summed E-state index contributed by atoms with van der Waals surface area (Å²) in [5.41, 5.74) is 3.97. The predicted octanol–water partition coefficient (Wildman–Crippen LogP) is 2.80. The lowest BCUT2D eigenvalue weighted by atomic mass is 9.95. The van der Waals surface area contributed by atoms with Crippen LogP contribution < -0.4 is 10.6 Å². The fraction of sp³-hybridized carbons (Fsp3) is 0.333. The number of anilines is 2. The summed E-state index contributed by atoms with van der Waals surface area (Å²) < 4.78 is 8.47. The number of rotatable bonds is 4. The zero-order chi connectivity index (χ0) is 18.2. The minimum atomic E-state index is 0.547. The second kappa shape index (κ2) is 6.75. The van der Waals surface area contributed by atoms with E-state index in [0.717, 1.165) is 53.7 Å². The molecular weight excluding hydrogens is 360 g/mol. The first kappa shape index (κ1) is 16.4. The van der Waals surface area contributed by atoms with Gasteiger partial charge in [0.2, 0.25) is 0 Å². The molecule has 138 valence electrons. The van der Waals surface area contributed by atoms with Crippen molar-refractivity contribution < 1.29 is 0 Å². The largest absolute Gasteiger partial charge is 0.328 e. The molecule has 4 aromatic heterocycles. The number of aromatic nitrogens is 6. The molecule has 0 amide bonds. The van der Waals surface area contributed by atoms with Gasteiger partial charge in [-0.15, -0.1) is 0 Å². The van der Waals surface area contributed by atoms with Crippen molar-refractivity contribution in [2.24, 2.45) is 7.05 Å². The van der Waals surface area contributed by atoms with Crippen LogP contribution >= 0.6 is 11.5 Å². The van der Waals surface area contributed by atoms with Crippen LogP contribution in [-0.2, 0) is 7.05 Å². The van der Waals surface area contributed by atoms with E-state index in [9.17, 15) is 0 Å². The fourth-order valence-electron chi connectivity index (χ4n) is 3.55. The maximum atomic E-state index is 4.66. The van der Waals surface area contributed by atoms with Gasteiger partial charge >= 0.3 is 0 Å². The molecule has 0 radical (unpaired) electrons. The maximum absolute atomic E-state index is 4.66. The van der Waals surface area contributed by atoms with Gasteiger partial charge in [-0.2, -0.15) is 9.47 Å². The van der Waals surface area contributed by atoms with Gasteiger partial charge in [0, 0.05) is 37.1 Å². The lowest BCUT2D eigenvalue weighted by Gasteiger charge is -2.20.